The van der Waals surface area contributed by atoms with Gasteiger partial charge in [-0.2, -0.15) is 0 Å². The van der Waals surface area contributed by atoms with Crippen molar-refractivity contribution in [2.45, 2.75) is 82.5 Å². The number of benzene rings is 1. The Bertz CT molecular complexity index is 584. The molecule has 1 aromatic rings. The predicted molar refractivity (Wildman–Crippen MR) is 104 cm³/mol. The smallest absolute Gasteiger partial charge is 0.192 e. The van der Waals surface area contributed by atoms with Crippen molar-refractivity contribution in [3.8, 4) is 0 Å². The topological polar surface area (TPSA) is 9.23 Å². The highest BCUT2D eigenvalue weighted by Crippen LogP contribution is 2.63. The number of rotatable bonds is 3. The fourth-order valence-corrected chi connectivity index (χ4v) is 7.63. The van der Waals surface area contributed by atoms with Gasteiger partial charge in [0.25, 0.3) is 0 Å². The van der Waals surface area contributed by atoms with Gasteiger partial charge in [0.2, 0.25) is 0 Å². The lowest BCUT2D eigenvalue weighted by molar-refractivity contribution is -0.125. The van der Waals surface area contributed by atoms with E-state index in [-0.39, 0.29) is 5.60 Å². The maximum atomic E-state index is 7.13. The van der Waals surface area contributed by atoms with Crippen LogP contribution in [0.4, 0.5) is 0 Å². The summed E-state index contributed by atoms with van der Waals surface area (Å²) >= 11 is 0. The molecule has 0 aromatic heterocycles. The Balaban J connectivity index is 1.60. The molecule has 0 saturated heterocycles. The molecule has 24 heavy (non-hydrogen) atoms. The molecule has 132 valence electrons. The molecule has 4 fully saturated rings. The molecule has 4 aliphatic carbocycles. The standard InChI is InChI=1S/C22H34OSi/c1-21(2,3)24(4,5)23-22-13-16-11-18(14-22)20(19(12-16)15-22)17-9-7-6-8-10-17/h6-10,16,18-20H,11-15H2,1-5H3. The molecule has 4 saturated carbocycles. The van der Waals surface area contributed by atoms with E-state index in [1.54, 1.807) is 5.56 Å². The molecule has 0 spiro atoms. The highest BCUT2D eigenvalue weighted by atomic mass is 28.4. The normalized spacial score (nSPS) is 38.5. The first-order chi connectivity index (χ1) is 11.2. The van der Waals surface area contributed by atoms with E-state index in [9.17, 15) is 0 Å². The zero-order valence-electron chi connectivity index (χ0n) is 16.1. The number of hydrogen-bond acceptors (Lipinski definition) is 1. The van der Waals surface area contributed by atoms with Crippen LogP contribution in [-0.4, -0.2) is 13.9 Å². The Kier molecular flexibility index (Phi) is 3.82. The fourth-order valence-electron chi connectivity index (χ4n) is 5.99. The minimum atomic E-state index is -1.69. The van der Waals surface area contributed by atoms with Gasteiger partial charge in [0.05, 0.1) is 5.60 Å². The van der Waals surface area contributed by atoms with E-state index in [2.05, 4.69) is 64.2 Å². The fraction of sp³-hybridized carbons (Fsp3) is 0.727. The Morgan fingerprint density at radius 3 is 2.08 bits per heavy atom. The average molecular weight is 343 g/mol. The monoisotopic (exact) mass is 342 g/mol. The minimum absolute atomic E-state index is 0.213. The summed E-state index contributed by atoms with van der Waals surface area (Å²) in [7, 11) is -1.69. The first-order valence-corrected chi connectivity index (χ1v) is 12.9. The van der Waals surface area contributed by atoms with E-state index in [0.29, 0.717) is 5.04 Å². The van der Waals surface area contributed by atoms with Crippen LogP contribution in [0.15, 0.2) is 30.3 Å². The second-order valence-corrected chi connectivity index (χ2v) is 15.2. The third-order valence-corrected chi connectivity index (χ3v) is 12.2. The van der Waals surface area contributed by atoms with Crippen molar-refractivity contribution in [3.63, 3.8) is 0 Å². The molecule has 5 rings (SSSR count). The summed E-state index contributed by atoms with van der Waals surface area (Å²) in [6, 6.07) is 11.3. The van der Waals surface area contributed by atoms with Crippen LogP contribution in [0.3, 0.4) is 0 Å². The summed E-state index contributed by atoms with van der Waals surface area (Å²) in [4.78, 5) is 0. The van der Waals surface area contributed by atoms with Gasteiger partial charge >= 0.3 is 0 Å². The van der Waals surface area contributed by atoms with Crippen molar-refractivity contribution >= 4 is 8.32 Å². The van der Waals surface area contributed by atoms with Crippen molar-refractivity contribution in [1.82, 2.24) is 0 Å². The van der Waals surface area contributed by atoms with Crippen LogP contribution in [0, 0.1) is 17.8 Å². The molecule has 2 atom stereocenters. The van der Waals surface area contributed by atoms with Crippen LogP contribution in [-0.2, 0) is 4.43 Å². The van der Waals surface area contributed by atoms with Gasteiger partial charge < -0.3 is 4.43 Å². The molecule has 0 radical (unpaired) electrons. The van der Waals surface area contributed by atoms with Gasteiger partial charge in [-0.05, 0) is 79.5 Å². The Labute approximate surface area is 149 Å². The average Bonchev–Trinajstić information content (AvgIpc) is 2.44. The Morgan fingerprint density at radius 1 is 0.958 bits per heavy atom. The maximum Gasteiger partial charge on any atom is 0.192 e. The number of hydrogen-bond donors (Lipinski definition) is 0. The summed E-state index contributed by atoms with van der Waals surface area (Å²) < 4.78 is 7.13. The third-order valence-electron chi connectivity index (χ3n) is 7.68. The van der Waals surface area contributed by atoms with E-state index < -0.39 is 8.32 Å². The second kappa shape index (κ2) is 5.44. The highest BCUT2D eigenvalue weighted by molar-refractivity contribution is 6.74. The van der Waals surface area contributed by atoms with Crippen LogP contribution in [0.1, 0.15) is 64.4 Å². The van der Waals surface area contributed by atoms with Crippen LogP contribution < -0.4 is 0 Å². The van der Waals surface area contributed by atoms with Gasteiger partial charge in [0.1, 0.15) is 0 Å². The van der Waals surface area contributed by atoms with Crippen LogP contribution in [0.5, 0.6) is 0 Å². The molecule has 0 N–H and O–H groups in total. The molecule has 4 aliphatic rings. The van der Waals surface area contributed by atoms with Crippen LogP contribution >= 0.6 is 0 Å². The van der Waals surface area contributed by atoms with Gasteiger partial charge in [0.15, 0.2) is 8.32 Å². The minimum Gasteiger partial charge on any atom is -0.411 e. The molecule has 4 bridgehead atoms. The molecule has 2 unspecified atom stereocenters. The summed E-state index contributed by atoms with van der Waals surface area (Å²) in [6.45, 7) is 12.0. The van der Waals surface area contributed by atoms with Crippen molar-refractivity contribution in [2.75, 3.05) is 0 Å². The van der Waals surface area contributed by atoms with Gasteiger partial charge in [-0.3, -0.25) is 0 Å². The van der Waals surface area contributed by atoms with E-state index in [1.165, 1.54) is 32.1 Å². The lowest BCUT2D eigenvalue weighted by atomic mass is 9.49. The van der Waals surface area contributed by atoms with Crippen molar-refractivity contribution in [2.24, 2.45) is 17.8 Å². The Morgan fingerprint density at radius 2 is 1.54 bits per heavy atom. The van der Waals surface area contributed by atoms with E-state index >= 15 is 0 Å². The summed E-state index contributed by atoms with van der Waals surface area (Å²) in [6.07, 6.45) is 6.85. The largest absolute Gasteiger partial charge is 0.411 e. The third kappa shape index (κ3) is 2.70. The van der Waals surface area contributed by atoms with Gasteiger partial charge in [-0.15, -0.1) is 0 Å². The molecular formula is C22H34OSi. The first-order valence-electron chi connectivity index (χ1n) is 9.94. The van der Waals surface area contributed by atoms with Crippen molar-refractivity contribution in [3.05, 3.63) is 35.9 Å². The molecular weight excluding hydrogens is 308 g/mol. The molecule has 2 heteroatoms. The van der Waals surface area contributed by atoms with Gasteiger partial charge in [0, 0.05) is 0 Å². The quantitative estimate of drug-likeness (QED) is 0.580. The lowest BCUT2D eigenvalue weighted by Crippen LogP contribution is -2.59. The van der Waals surface area contributed by atoms with Crippen molar-refractivity contribution in [1.29, 1.82) is 0 Å². The maximum absolute atomic E-state index is 7.13. The zero-order chi connectivity index (χ0) is 17.2. The molecule has 1 nitrogen and oxygen atoms in total. The zero-order valence-corrected chi connectivity index (χ0v) is 17.1. The van der Waals surface area contributed by atoms with E-state index in [0.717, 1.165) is 23.7 Å². The van der Waals surface area contributed by atoms with Crippen molar-refractivity contribution < 1.29 is 4.43 Å². The van der Waals surface area contributed by atoms with E-state index in [1.807, 2.05) is 0 Å². The lowest BCUT2D eigenvalue weighted by Gasteiger charge is -2.62. The summed E-state index contributed by atoms with van der Waals surface area (Å²) in [5, 5.41) is 0.315. The molecule has 0 aliphatic heterocycles. The summed E-state index contributed by atoms with van der Waals surface area (Å²) in [5.41, 5.74) is 1.80. The van der Waals surface area contributed by atoms with Crippen LogP contribution in [0.25, 0.3) is 0 Å². The second-order valence-electron chi connectivity index (χ2n) is 10.5. The summed E-state index contributed by atoms with van der Waals surface area (Å²) in [5.74, 6) is 3.41. The van der Waals surface area contributed by atoms with Gasteiger partial charge in [-0.1, -0.05) is 51.1 Å². The van der Waals surface area contributed by atoms with E-state index in [4.69, 9.17) is 4.43 Å². The SMILES string of the molecule is CC(C)(C)[Si](C)(C)OC12CC3CC(C1)C(c1ccccc1)C(C3)C2. The molecule has 0 heterocycles. The van der Waals surface area contributed by atoms with Gasteiger partial charge in [-0.25, -0.2) is 0 Å². The first kappa shape index (κ1) is 16.8. The Hall–Kier alpha value is -0.603. The van der Waals surface area contributed by atoms with Crippen LogP contribution in [0.2, 0.25) is 18.1 Å². The highest BCUT2D eigenvalue weighted by Gasteiger charge is 2.58. The molecule has 0 amide bonds. The molecule has 1 aromatic carbocycles. The predicted octanol–water partition coefficient (Wildman–Crippen LogP) is 6.37.